The van der Waals surface area contributed by atoms with Crippen LogP contribution in [0.3, 0.4) is 0 Å². The molecule has 0 aromatic heterocycles. The largest absolute Gasteiger partial charge is 0.476 e. The average molecular weight is 382 g/mol. The van der Waals surface area contributed by atoms with E-state index in [1.165, 1.54) is 6.07 Å². The summed E-state index contributed by atoms with van der Waals surface area (Å²) in [5, 5.41) is 8.94. The normalized spacial score (nSPS) is 15.0. The molecule has 0 fully saturated rings. The minimum Gasteiger partial charge on any atom is -0.476 e. The van der Waals surface area contributed by atoms with Gasteiger partial charge in [-0.1, -0.05) is 49.4 Å². The van der Waals surface area contributed by atoms with Crippen molar-refractivity contribution in [3.05, 3.63) is 71.4 Å². The summed E-state index contributed by atoms with van der Waals surface area (Å²) in [6.07, 6.45) is 0.512. The highest BCUT2D eigenvalue weighted by atomic mass is 32.2. The summed E-state index contributed by atoms with van der Waals surface area (Å²) in [4.78, 5) is 13.3. The fourth-order valence-electron chi connectivity index (χ4n) is 2.99. The lowest BCUT2D eigenvalue weighted by Crippen LogP contribution is -2.39. The molecule has 0 aliphatic carbocycles. The summed E-state index contributed by atoms with van der Waals surface area (Å²) in [7, 11) is -3.91. The van der Waals surface area contributed by atoms with Crippen molar-refractivity contribution in [1.29, 1.82) is 5.26 Å². The minimum absolute atomic E-state index is 0.0583. The Morgan fingerprint density at radius 3 is 2.44 bits per heavy atom. The van der Waals surface area contributed by atoms with E-state index in [9.17, 15) is 13.2 Å². The van der Waals surface area contributed by atoms with Crippen LogP contribution in [0.15, 0.2) is 65.2 Å². The number of nitrogens with zero attached hydrogens (tertiary/aromatic N) is 2. The molecule has 0 saturated heterocycles. The lowest BCUT2D eigenvalue weighted by molar-refractivity contribution is 0.100. The van der Waals surface area contributed by atoms with Crippen LogP contribution in [0.5, 0.6) is 0 Å². The van der Waals surface area contributed by atoms with Crippen LogP contribution in [0, 0.1) is 11.3 Å². The Hall–Kier alpha value is -3.11. The average Bonchev–Trinajstić information content (AvgIpc) is 2.69. The molecule has 138 valence electrons. The minimum atomic E-state index is -3.91. The van der Waals surface area contributed by atoms with Gasteiger partial charge in [0.2, 0.25) is 5.78 Å². The number of allylic oxidation sites excluding steroid dienone is 1. The van der Waals surface area contributed by atoms with E-state index in [1.54, 1.807) is 48.5 Å². The summed E-state index contributed by atoms with van der Waals surface area (Å²) in [6.45, 7) is 1.66. The first kappa shape index (κ1) is 18.7. The van der Waals surface area contributed by atoms with Crippen LogP contribution in [-0.4, -0.2) is 31.7 Å². The molecule has 0 atom stereocenters. The summed E-state index contributed by atoms with van der Waals surface area (Å²) in [5.74, 6) is -0.348. The number of benzene rings is 2. The Kier molecular flexibility index (Phi) is 5.28. The number of hydrogen-bond acceptors (Lipinski definition) is 5. The van der Waals surface area contributed by atoms with Gasteiger partial charge in [0.1, 0.15) is 11.8 Å². The second-order valence-corrected chi connectivity index (χ2v) is 7.72. The summed E-state index contributed by atoms with van der Waals surface area (Å²) in [6, 6.07) is 16.7. The standard InChI is InChI=1S/C20H18N2O4S/c1-2-13-22-18(19(23)15-8-4-3-5-9-15)20(26-14-12-21)16-10-6-7-11-17(16)27(22,24)25/h3-11H,2,13-14H2,1H3. The van der Waals surface area contributed by atoms with E-state index in [1.807, 2.05) is 13.0 Å². The molecule has 2 aromatic carbocycles. The predicted octanol–water partition coefficient (Wildman–Crippen LogP) is 3.19. The zero-order valence-corrected chi connectivity index (χ0v) is 15.6. The smallest absolute Gasteiger partial charge is 0.265 e. The van der Waals surface area contributed by atoms with Crippen molar-refractivity contribution in [2.24, 2.45) is 0 Å². The monoisotopic (exact) mass is 382 g/mol. The van der Waals surface area contributed by atoms with Gasteiger partial charge in [-0.05, 0) is 18.6 Å². The van der Waals surface area contributed by atoms with Crippen molar-refractivity contribution in [3.63, 3.8) is 0 Å². The molecule has 7 heteroatoms. The molecule has 1 aliphatic rings. The molecule has 0 bridgehead atoms. The number of rotatable bonds is 6. The quantitative estimate of drug-likeness (QED) is 0.716. The lowest BCUT2D eigenvalue weighted by Gasteiger charge is -2.32. The van der Waals surface area contributed by atoms with Crippen LogP contribution in [0.25, 0.3) is 5.76 Å². The van der Waals surface area contributed by atoms with Crippen molar-refractivity contribution < 1.29 is 17.9 Å². The molecular formula is C20H18N2O4S. The first-order chi connectivity index (χ1) is 13.0. The van der Waals surface area contributed by atoms with Gasteiger partial charge in [0.15, 0.2) is 12.4 Å². The number of nitriles is 1. The number of sulfonamides is 1. The number of fused-ring (bicyclic) bond motifs is 1. The van der Waals surface area contributed by atoms with Crippen LogP contribution >= 0.6 is 0 Å². The SMILES string of the molecule is CCCN1C(C(=O)c2ccccc2)=C(OCC#N)c2ccccc2S1(=O)=O. The fourth-order valence-corrected chi connectivity index (χ4v) is 4.74. The third-order valence-electron chi connectivity index (χ3n) is 4.12. The van der Waals surface area contributed by atoms with E-state index in [2.05, 4.69) is 0 Å². The van der Waals surface area contributed by atoms with Crippen LogP contribution < -0.4 is 0 Å². The zero-order chi connectivity index (χ0) is 19.4. The molecule has 27 heavy (non-hydrogen) atoms. The number of ketones is 1. The van der Waals surface area contributed by atoms with Crippen LogP contribution in [0.1, 0.15) is 29.3 Å². The molecular weight excluding hydrogens is 364 g/mol. The van der Waals surface area contributed by atoms with E-state index in [0.29, 0.717) is 17.5 Å². The topological polar surface area (TPSA) is 87.5 Å². The number of carbonyl (C=O) groups is 1. The van der Waals surface area contributed by atoms with Crippen LogP contribution in [0.4, 0.5) is 0 Å². The highest BCUT2D eigenvalue weighted by molar-refractivity contribution is 7.89. The van der Waals surface area contributed by atoms with E-state index >= 15 is 0 Å². The summed E-state index contributed by atoms with van der Waals surface area (Å²) in [5.41, 5.74) is 0.581. The Bertz CT molecular complexity index is 1040. The van der Waals surface area contributed by atoms with Gasteiger partial charge < -0.3 is 4.74 Å². The summed E-state index contributed by atoms with van der Waals surface area (Å²) < 4.78 is 33.0. The van der Waals surface area contributed by atoms with Gasteiger partial charge in [-0.25, -0.2) is 8.42 Å². The molecule has 0 amide bonds. The van der Waals surface area contributed by atoms with E-state index in [0.717, 1.165) is 4.31 Å². The zero-order valence-electron chi connectivity index (χ0n) is 14.8. The maximum absolute atomic E-state index is 13.2. The van der Waals surface area contributed by atoms with Crippen LogP contribution in [0.2, 0.25) is 0 Å². The van der Waals surface area contributed by atoms with Gasteiger partial charge in [0.25, 0.3) is 10.0 Å². The van der Waals surface area contributed by atoms with Crippen molar-refractivity contribution >= 4 is 21.6 Å². The van der Waals surface area contributed by atoms with Gasteiger partial charge in [0, 0.05) is 17.7 Å². The van der Waals surface area contributed by atoms with Gasteiger partial charge in [-0.15, -0.1) is 0 Å². The Morgan fingerprint density at radius 1 is 1.11 bits per heavy atom. The maximum Gasteiger partial charge on any atom is 0.265 e. The van der Waals surface area contributed by atoms with E-state index in [-0.39, 0.29) is 29.5 Å². The number of ether oxygens (including phenoxy) is 1. The summed E-state index contributed by atoms with van der Waals surface area (Å²) >= 11 is 0. The predicted molar refractivity (Wildman–Crippen MR) is 99.9 cm³/mol. The molecule has 0 spiro atoms. The molecule has 0 saturated carbocycles. The first-order valence-electron chi connectivity index (χ1n) is 8.48. The molecule has 0 radical (unpaired) electrons. The molecule has 1 aliphatic heterocycles. The highest BCUT2D eigenvalue weighted by Gasteiger charge is 2.40. The highest BCUT2D eigenvalue weighted by Crippen LogP contribution is 2.38. The van der Waals surface area contributed by atoms with Gasteiger partial charge in [-0.3, -0.25) is 9.10 Å². The number of hydrogen-bond donors (Lipinski definition) is 0. The fraction of sp³-hybridized carbons (Fsp3) is 0.200. The van der Waals surface area contributed by atoms with Gasteiger partial charge in [0.05, 0.1) is 4.90 Å². The second-order valence-electron chi connectivity index (χ2n) is 5.89. The van der Waals surface area contributed by atoms with Crippen molar-refractivity contribution in [2.45, 2.75) is 18.2 Å². The molecule has 6 nitrogen and oxygen atoms in total. The number of carbonyl (C=O) groups excluding carboxylic acids is 1. The third-order valence-corrected chi connectivity index (χ3v) is 5.98. The van der Waals surface area contributed by atoms with Crippen LogP contribution in [-0.2, 0) is 14.8 Å². The van der Waals surface area contributed by atoms with Gasteiger partial charge >= 0.3 is 0 Å². The number of Topliss-reactive ketones (excluding diaryl/α,β-unsaturated/α-hetero) is 1. The Labute approximate surface area is 158 Å². The Balaban J connectivity index is 2.31. The van der Waals surface area contributed by atoms with Crippen molar-refractivity contribution in [3.8, 4) is 6.07 Å². The Morgan fingerprint density at radius 2 is 1.78 bits per heavy atom. The molecule has 0 N–H and O–H groups in total. The molecule has 3 rings (SSSR count). The third kappa shape index (κ3) is 3.32. The maximum atomic E-state index is 13.2. The van der Waals surface area contributed by atoms with Crippen molar-refractivity contribution in [1.82, 2.24) is 4.31 Å². The molecule has 0 unspecified atom stereocenters. The van der Waals surface area contributed by atoms with Gasteiger partial charge in [-0.2, -0.15) is 5.26 Å². The van der Waals surface area contributed by atoms with E-state index in [4.69, 9.17) is 10.00 Å². The van der Waals surface area contributed by atoms with E-state index < -0.39 is 15.8 Å². The van der Waals surface area contributed by atoms with Crippen molar-refractivity contribution in [2.75, 3.05) is 13.2 Å². The molecule has 1 heterocycles. The lowest BCUT2D eigenvalue weighted by atomic mass is 10.0. The second kappa shape index (κ2) is 7.64. The molecule has 2 aromatic rings. The first-order valence-corrected chi connectivity index (χ1v) is 9.92.